The molecule has 0 aromatic carbocycles. The van der Waals surface area contributed by atoms with Gasteiger partial charge >= 0.3 is 0 Å². The van der Waals surface area contributed by atoms with Crippen molar-refractivity contribution in [2.45, 2.75) is 33.1 Å². The number of guanidine groups is 1. The van der Waals surface area contributed by atoms with Gasteiger partial charge in [-0.1, -0.05) is 24.9 Å². The Balaban J connectivity index is 2.46. The molecular weight excluding hydrogens is 242 g/mol. The van der Waals surface area contributed by atoms with Crippen LogP contribution in [0.25, 0.3) is 0 Å². The topological polar surface area (TPSA) is 75.3 Å². The Morgan fingerprint density at radius 3 is 2.84 bits per heavy atom. The first-order valence-electron chi connectivity index (χ1n) is 6.45. The van der Waals surface area contributed by atoms with Crippen LogP contribution in [0.15, 0.2) is 9.52 Å². The van der Waals surface area contributed by atoms with Crippen LogP contribution in [0.5, 0.6) is 0 Å². The number of terminal acetylenes is 1. The van der Waals surface area contributed by atoms with Gasteiger partial charge in [0.05, 0.1) is 13.1 Å². The molecule has 0 spiro atoms. The molecular formula is C13H21N5O. The van der Waals surface area contributed by atoms with E-state index >= 15 is 0 Å². The number of nitrogens with zero attached hydrogens (tertiary/aromatic N) is 3. The van der Waals surface area contributed by atoms with Gasteiger partial charge in [0, 0.05) is 18.9 Å². The quantitative estimate of drug-likeness (QED) is 0.453. The Morgan fingerprint density at radius 2 is 2.26 bits per heavy atom. The molecule has 6 heteroatoms. The minimum Gasteiger partial charge on any atom is -0.357 e. The lowest BCUT2D eigenvalue weighted by molar-refractivity contribution is 0.372. The zero-order chi connectivity index (χ0) is 14.1. The van der Waals surface area contributed by atoms with Crippen LogP contribution in [0.2, 0.25) is 0 Å². The SMILES string of the molecule is C#CCNC(=NCCc1nc(C(C)C)no1)NCC. The fraction of sp³-hybridized carbons (Fsp3) is 0.615. The van der Waals surface area contributed by atoms with Crippen molar-refractivity contribution in [2.75, 3.05) is 19.6 Å². The third-order valence-electron chi connectivity index (χ3n) is 2.30. The number of nitrogens with one attached hydrogen (secondary N) is 2. The summed E-state index contributed by atoms with van der Waals surface area (Å²) in [4.78, 5) is 8.67. The van der Waals surface area contributed by atoms with Crippen LogP contribution in [0, 0.1) is 12.3 Å². The lowest BCUT2D eigenvalue weighted by Gasteiger charge is -2.07. The van der Waals surface area contributed by atoms with E-state index in [-0.39, 0.29) is 5.92 Å². The van der Waals surface area contributed by atoms with E-state index in [1.165, 1.54) is 0 Å². The highest BCUT2D eigenvalue weighted by molar-refractivity contribution is 5.79. The second-order valence-corrected chi connectivity index (χ2v) is 4.27. The molecule has 1 heterocycles. The van der Waals surface area contributed by atoms with E-state index in [4.69, 9.17) is 10.9 Å². The molecule has 0 saturated carbocycles. The van der Waals surface area contributed by atoms with Crippen molar-refractivity contribution in [3.63, 3.8) is 0 Å². The van der Waals surface area contributed by atoms with Crippen molar-refractivity contribution in [1.29, 1.82) is 0 Å². The number of rotatable bonds is 6. The lowest BCUT2D eigenvalue weighted by Crippen LogP contribution is -2.37. The molecule has 19 heavy (non-hydrogen) atoms. The summed E-state index contributed by atoms with van der Waals surface area (Å²) in [6.07, 6.45) is 5.81. The summed E-state index contributed by atoms with van der Waals surface area (Å²) in [5.74, 6) is 4.82. The van der Waals surface area contributed by atoms with Crippen molar-refractivity contribution in [1.82, 2.24) is 20.8 Å². The number of aromatic nitrogens is 2. The van der Waals surface area contributed by atoms with Crippen LogP contribution >= 0.6 is 0 Å². The van der Waals surface area contributed by atoms with Crippen molar-refractivity contribution in [3.05, 3.63) is 11.7 Å². The normalized spacial score (nSPS) is 11.4. The molecule has 0 bridgehead atoms. The largest absolute Gasteiger partial charge is 0.357 e. The summed E-state index contributed by atoms with van der Waals surface area (Å²) in [5.41, 5.74) is 0. The number of aliphatic imine (C=N–C) groups is 1. The van der Waals surface area contributed by atoms with Crippen molar-refractivity contribution >= 4 is 5.96 Å². The first-order valence-corrected chi connectivity index (χ1v) is 6.45. The third-order valence-corrected chi connectivity index (χ3v) is 2.30. The van der Waals surface area contributed by atoms with Crippen LogP contribution in [0.1, 0.15) is 38.4 Å². The van der Waals surface area contributed by atoms with Gasteiger partial charge in [-0.25, -0.2) is 0 Å². The molecule has 0 atom stereocenters. The van der Waals surface area contributed by atoms with Crippen LogP contribution in [0.3, 0.4) is 0 Å². The van der Waals surface area contributed by atoms with Gasteiger partial charge in [0.2, 0.25) is 5.89 Å². The van der Waals surface area contributed by atoms with Crippen LogP contribution < -0.4 is 10.6 Å². The van der Waals surface area contributed by atoms with E-state index < -0.39 is 0 Å². The molecule has 0 fully saturated rings. The molecule has 0 aliphatic heterocycles. The minimum atomic E-state index is 0.274. The van der Waals surface area contributed by atoms with Crippen LogP contribution in [0.4, 0.5) is 0 Å². The van der Waals surface area contributed by atoms with E-state index in [2.05, 4.69) is 31.7 Å². The predicted octanol–water partition coefficient (Wildman–Crippen LogP) is 0.924. The fourth-order valence-corrected chi connectivity index (χ4v) is 1.34. The maximum Gasteiger partial charge on any atom is 0.228 e. The Kier molecular flexibility index (Phi) is 6.44. The van der Waals surface area contributed by atoms with E-state index in [0.717, 1.165) is 12.4 Å². The molecule has 0 unspecified atom stereocenters. The molecule has 1 aromatic heterocycles. The van der Waals surface area contributed by atoms with Gasteiger partial charge in [0.1, 0.15) is 0 Å². The molecule has 6 nitrogen and oxygen atoms in total. The van der Waals surface area contributed by atoms with Crippen molar-refractivity contribution in [2.24, 2.45) is 4.99 Å². The monoisotopic (exact) mass is 263 g/mol. The Hall–Kier alpha value is -2.03. The van der Waals surface area contributed by atoms with Crippen LogP contribution in [-0.2, 0) is 6.42 Å². The Labute approximate surface area is 114 Å². The smallest absolute Gasteiger partial charge is 0.228 e. The van der Waals surface area contributed by atoms with E-state index in [0.29, 0.717) is 31.4 Å². The summed E-state index contributed by atoms with van der Waals surface area (Å²) >= 11 is 0. The molecule has 1 rings (SSSR count). The summed E-state index contributed by atoms with van der Waals surface area (Å²) in [6.45, 7) is 7.86. The fourth-order valence-electron chi connectivity index (χ4n) is 1.34. The second kappa shape index (κ2) is 8.14. The van der Waals surface area contributed by atoms with E-state index in [1.807, 2.05) is 20.8 Å². The highest BCUT2D eigenvalue weighted by atomic mass is 16.5. The molecule has 0 radical (unpaired) electrons. The summed E-state index contributed by atoms with van der Waals surface area (Å²) < 4.78 is 5.15. The van der Waals surface area contributed by atoms with Gasteiger partial charge in [-0.05, 0) is 6.92 Å². The zero-order valence-corrected chi connectivity index (χ0v) is 11.7. The zero-order valence-electron chi connectivity index (χ0n) is 11.7. The summed E-state index contributed by atoms with van der Waals surface area (Å²) in [7, 11) is 0. The predicted molar refractivity (Wildman–Crippen MR) is 74.9 cm³/mol. The summed E-state index contributed by atoms with van der Waals surface area (Å²) in [6, 6.07) is 0. The first-order chi connectivity index (χ1) is 9.17. The van der Waals surface area contributed by atoms with Gasteiger partial charge in [-0.2, -0.15) is 4.98 Å². The van der Waals surface area contributed by atoms with E-state index in [9.17, 15) is 0 Å². The van der Waals surface area contributed by atoms with E-state index in [1.54, 1.807) is 0 Å². The molecule has 0 aliphatic rings. The highest BCUT2D eigenvalue weighted by Crippen LogP contribution is 2.09. The molecule has 104 valence electrons. The molecule has 0 aliphatic carbocycles. The molecule has 0 amide bonds. The minimum absolute atomic E-state index is 0.274. The van der Waals surface area contributed by atoms with Gasteiger partial charge in [-0.3, -0.25) is 4.99 Å². The average Bonchev–Trinajstić information content (AvgIpc) is 2.85. The number of hydrogen-bond acceptors (Lipinski definition) is 4. The molecule has 2 N–H and O–H groups in total. The summed E-state index contributed by atoms with van der Waals surface area (Å²) in [5, 5.41) is 10.0. The second-order valence-electron chi connectivity index (χ2n) is 4.27. The third kappa shape index (κ3) is 5.42. The van der Waals surface area contributed by atoms with Gasteiger partial charge in [0.25, 0.3) is 0 Å². The lowest BCUT2D eigenvalue weighted by atomic mass is 10.2. The van der Waals surface area contributed by atoms with Gasteiger partial charge in [-0.15, -0.1) is 6.42 Å². The Bertz CT molecular complexity index is 444. The number of hydrogen-bond donors (Lipinski definition) is 2. The van der Waals surface area contributed by atoms with Gasteiger partial charge in [0.15, 0.2) is 11.8 Å². The van der Waals surface area contributed by atoms with Crippen LogP contribution in [-0.4, -0.2) is 35.7 Å². The first kappa shape index (κ1) is 15.0. The molecule has 1 aromatic rings. The standard InChI is InChI=1S/C13H21N5O/c1-5-8-15-13(14-6-2)16-9-7-11-17-12(10(3)4)18-19-11/h1,10H,6-9H2,2-4H3,(H2,14,15,16). The maximum atomic E-state index is 5.20. The molecule has 0 saturated heterocycles. The van der Waals surface area contributed by atoms with Crippen molar-refractivity contribution in [3.8, 4) is 12.3 Å². The Morgan fingerprint density at radius 1 is 1.47 bits per heavy atom. The average molecular weight is 263 g/mol. The highest BCUT2D eigenvalue weighted by Gasteiger charge is 2.08. The van der Waals surface area contributed by atoms with Crippen molar-refractivity contribution < 1.29 is 4.52 Å². The van der Waals surface area contributed by atoms with Gasteiger partial charge < -0.3 is 15.2 Å². The maximum absolute atomic E-state index is 5.20.